The van der Waals surface area contributed by atoms with E-state index in [1.54, 1.807) is 12.0 Å². The van der Waals surface area contributed by atoms with Crippen LogP contribution in [0.25, 0.3) is 0 Å². The van der Waals surface area contributed by atoms with Crippen LogP contribution in [0.3, 0.4) is 0 Å². The summed E-state index contributed by atoms with van der Waals surface area (Å²) in [6.07, 6.45) is 0.928. The number of hydrogen-bond donors (Lipinski definition) is 0. The lowest BCUT2D eigenvalue weighted by atomic mass is 10.2. The number of likely N-dealkylation sites (tertiary alicyclic amines) is 1. The summed E-state index contributed by atoms with van der Waals surface area (Å²) in [5.74, 6) is 0.409. The highest BCUT2D eigenvalue weighted by Gasteiger charge is 2.36. The maximum atomic E-state index is 11.8. The van der Waals surface area contributed by atoms with Gasteiger partial charge in [0.2, 0.25) is 5.91 Å². The number of esters is 1. The molecule has 19 heavy (non-hydrogen) atoms. The number of benzene rings is 1. The fraction of sp³-hybridized carbons (Fsp3) is 0.429. The molecule has 1 amide bonds. The number of amides is 1. The molecule has 2 rings (SSSR count). The van der Waals surface area contributed by atoms with E-state index in [4.69, 9.17) is 9.47 Å². The van der Waals surface area contributed by atoms with Gasteiger partial charge >= 0.3 is 5.97 Å². The van der Waals surface area contributed by atoms with Gasteiger partial charge in [-0.15, -0.1) is 0 Å². The minimum Gasteiger partial charge on any atom is -0.497 e. The van der Waals surface area contributed by atoms with E-state index in [0.29, 0.717) is 19.4 Å². The van der Waals surface area contributed by atoms with Crippen molar-refractivity contribution >= 4 is 11.9 Å². The highest BCUT2D eigenvalue weighted by atomic mass is 16.5. The summed E-state index contributed by atoms with van der Waals surface area (Å²) in [4.78, 5) is 25.0. The zero-order valence-electron chi connectivity index (χ0n) is 11.1. The molecule has 5 heteroatoms. The molecular formula is C14H17NO4. The maximum Gasteiger partial charge on any atom is 0.328 e. The molecule has 1 aromatic carbocycles. The van der Waals surface area contributed by atoms with Crippen LogP contribution in [0.4, 0.5) is 0 Å². The number of carbonyl (C=O) groups is 2. The number of rotatable bonds is 4. The average molecular weight is 263 g/mol. The molecule has 1 aromatic rings. The first-order chi connectivity index (χ1) is 9.15. The Morgan fingerprint density at radius 3 is 2.58 bits per heavy atom. The Morgan fingerprint density at radius 1 is 1.32 bits per heavy atom. The van der Waals surface area contributed by atoms with Crippen LogP contribution < -0.4 is 4.74 Å². The number of ether oxygens (including phenoxy) is 2. The smallest absolute Gasteiger partial charge is 0.328 e. The topological polar surface area (TPSA) is 55.8 Å². The van der Waals surface area contributed by atoms with Crippen LogP contribution >= 0.6 is 0 Å². The molecule has 102 valence electrons. The van der Waals surface area contributed by atoms with Crippen LogP contribution in [-0.4, -0.2) is 37.0 Å². The minimum absolute atomic E-state index is 0.00813. The van der Waals surface area contributed by atoms with Crippen molar-refractivity contribution in [2.24, 2.45) is 0 Å². The van der Waals surface area contributed by atoms with E-state index in [1.807, 2.05) is 24.3 Å². The molecule has 0 aliphatic carbocycles. The maximum absolute atomic E-state index is 11.8. The van der Waals surface area contributed by atoms with Gasteiger partial charge in [0.25, 0.3) is 0 Å². The first kappa shape index (κ1) is 13.4. The second-order valence-corrected chi connectivity index (χ2v) is 4.45. The van der Waals surface area contributed by atoms with Gasteiger partial charge in [-0.3, -0.25) is 4.79 Å². The van der Waals surface area contributed by atoms with Gasteiger partial charge in [-0.2, -0.15) is 0 Å². The zero-order chi connectivity index (χ0) is 13.8. The van der Waals surface area contributed by atoms with Crippen LogP contribution in [0.1, 0.15) is 18.4 Å². The Balaban J connectivity index is 2.10. The monoisotopic (exact) mass is 263 g/mol. The Kier molecular flexibility index (Phi) is 4.04. The molecule has 0 spiro atoms. The summed E-state index contributed by atoms with van der Waals surface area (Å²) in [7, 11) is 2.95. The summed E-state index contributed by atoms with van der Waals surface area (Å²) < 4.78 is 9.82. The van der Waals surface area contributed by atoms with Gasteiger partial charge in [-0.1, -0.05) is 12.1 Å². The van der Waals surface area contributed by atoms with E-state index in [0.717, 1.165) is 11.3 Å². The van der Waals surface area contributed by atoms with Gasteiger partial charge in [0, 0.05) is 13.0 Å². The van der Waals surface area contributed by atoms with E-state index in [1.165, 1.54) is 7.11 Å². The van der Waals surface area contributed by atoms with E-state index in [-0.39, 0.29) is 11.9 Å². The SMILES string of the molecule is COC(=O)C1CCC(=O)N1Cc1ccc(OC)cc1. The van der Waals surface area contributed by atoms with E-state index < -0.39 is 6.04 Å². The Bertz CT molecular complexity index is 469. The Labute approximate surface area is 112 Å². The van der Waals surface area contributed by atoms with Crippen molar-refractivity contribution in [3.8, 4) is 5.75 Å². The molecule has 1 aliphatic heterocycles. The second-order valence-electron chi connectivity index (χ2n) is 4.45. The second kappa shape index (κ2) is 5.73. The first-order valence-corrected chi connectivity index (χ1v) is 6.16. The van der Waals surface area contributed by atoms with Crippen molar-refractivity contribution in [3.05, 3.63) is 29.8 Å². The predicted molar refractivity (Wildman–Crippen MR) is 68.6 cm³/mol. The van der Waals surface area contributed by atoms with Crippen LogP contribution in [0.5, 0.6) is 5.75 Å². The van der Waals surface area contributed by atoms with Crippen molar-refractivity contribution in [1.82, 2.24) is 4.90 Å². The third kappa shape index (κ3) is 2.86. The van der Waals surface area contributed by atoms with Crippen LogP contribution in [-0.2, 0) is 20.9 Å². The van der Waals surface area contributed by atoms with Crippen LogP contribution in [0.15, 0.2) is 24.3 Å². The van der Waals surface area contributed by atoms with Crippen LogP contribution in [0.2, 0.25) is 0 Å². The lowest BCUT2D eigenvalue weighted by Gasteiger charge is -2.22. The highest BCUT2D eigenvalue weighted by molar-refractivity contribution is 5.88. The van der Waals surface area contributed by atoms with Gasteiger partial charge in [-0.05, 0) is 24.1 Å². The molecule has 1 atom stereocenters. The van der Waals surface area contributed by atoms with Crippen molar-refractivity contribution in [2.75, 3.05) is 14.2 Å². The van der Waals surface area contributed by atoms with Crippen molar-refractivity contribution in [3.63, 3.8) is 0 Å². The largest absolute Gasteiger partial charge is 0.497 e. The van der Waals surface area contributed by atoms with Crippen molar-refractivity contribution in [2.45, 2.75) is 25.4 Å². The van der Waals surface area contributed by atoms with Gasteiger partial charge in [0.15, 0.2) is 0 Å². The molecule has 1 unspecified atom stereocenters. The lowest BCUT2D eigenvalue weighted by molar-refractivity contribution is -0.149. The molecule has 1 saturated heterocycles. The number of nitrogens with zero attached hydrogens (tertiary/aromatic N) is 1. The van der Waals surface area contributed by atoms with Gasteiger partial charge in [-0.25, -0.2) is 4.79 Å². The molecule has 0 radical (unpaired) electrons. The zero-order valence-corrected chi connectivity index (χ0v) is 11.1. The van der Waals surface area contributed by atoms with Crippen molar-refractivity contribution < 1.29 is 19.1 Å². The molecule has 0 saturated carbocycles. The van der Waals surface area contributed by atoms with E-state index in [2.05, 4.69) is 0 Å². The molecule has 0 N–H and O–H groups in total. The highest BCUT2D eigenvalue weighted by Crippen LogP contribution is 2.23. The minimum atomic E-state index is -0.459. The fourth-order valence-corrected chi connectivity index (χ4v) is 2.24. The third-order valence-electron chi connectivity index (χ3n) is 3.31. The molecule has 1 fully saturated rings. The Hall–Kier alpha value is -2.04. The summed E-state index contributed by atoms with van der Waals surface area (Å²) in [6, 6.07) is 6.99. The molecule has 1 heterocycles. The van der Waals surface area contributed by atoms with E-state index >= 15 is 0 Å². The van der Waals surface area contributed by atoms with Crippen molar-refractivity contribution in [1.29, 1.82) is 0 Å². The normalized spacial score (nSPS) is 18.5. The number of hydrogen-bond acceptors (Lipinski definition) is 4. The Morgan fingerprint density at radius 2 is 2.00 bits per heavy atom. The average Bonchev–Trinajstić information content (AvgIpc) is 2.80. The fourth-order valence-electron chi connectivity index (χ4n) is 2.24. The summed E-state index contributed by atoms with van der Waals surface area (Å²) >= 11 is 0. The standard InChI is InChI=1S/C14H17NO4/c1-18-11-5-3-10(4-6-11)9-15-12(14(17)19-2)7-8-13(15)16/h3-6,12H,7-9H2,1-2H3. The quantitative estimate of drug-likeness (QED) is 0.770. The summed E-state index contributed by atoms with van der Waals surface area (Å²) in [6.45, 7) is 0.419. The number of methoxy groups -OCH3 is 2. The van der Waals surface area contributed by atoms with E-state index in [9.17, 15) is 9.59 Å². The van der Waals surface area contributed by atoms with Gasteiger partial charge in [0.1, 0.15) is 11.8 Å². The first-order valence-electron chi connectivity index (χ1n) is 6.16. The third-order valence-corrected chi connectivity index (χ3v) is 3.31. The molecule has 0 bridgehead atoms. The van der Waals surface area contributed by atoms with Crippen LogP contribution in [0, 0.1) is 0 Å². The predicted octanol–water partition coefficient (Wildman–Crippen LogP) is 1.36. The number of carbonyl (C=O) groups excluding carboxylic acids is 2. The lowest BCUT2D eigenvalue weighted by Crippen LogP contribution is -2.38. The summed E-state index contributed by atoms with van der Waals surface area (Å²) in [5, 5.41) is 0. The summed E-state index contributed by atoms with van der Waals surface area (Å²) in [5.41, 5.74) is 0.963. The van der Waals surface area contributed by atoms with Gasteiger partial charge in [0.05, 0.1) is 14.2 Å². The van der Waals surface area contributed by atoms with Gasteiger partial charge < -0.3 is 14.4 Å². The molecule has 5 nitrogen and oxygen atoms in total. The molecule has 1 aliphatic rings. The molecule has 0 aromatic heterocycles. The molecular weight excluding hydrogens is 246 g/mol.